The number of benzene rings is 2. The minimum absolute atomic E-state index is 0.105. The zero-order valence-electron chi connectivity index (χ0n) is 24.3. The number of amidine groups is 2. The Bertz CT molecular complexity index is 1910. The highest BCUT2D eigenvalue weighted by Gasteiger charge is 2.46. The van der Waals surface area contributed by atoms with Crippen LogP contribution in [0.1, 0.15) is 29.5 Å². The van der Waals surface area contributed by atoms with E-state index < -0.39 is 10.9 Å². The molecule has 6 heterocycles. The third kappa shape index (κ3) is 4.16. The molecule has 3 unspecified atom stereocenters. The van der Waals surface area contributed by atoms with Crippen molar-refractivity contribution < 1.29 is 4.74 Å². The number of nitrogen functional groups attached to an aromatic ring is 1. The highest BCUT2D eigenvalue weighted by Crippen LogP contribution is 2.38. The van der Waals surface area contributed by atoms with Gasteiger partial charge in [-0.05, 0) is 48.2 Å². The molecule has 2 bridgehead atoms. The molecule has 44 heavy (non-hydrogen) atoms. The summed E-state index contributed by atoms with van der Waals surface area (Å²) in [6.07, 6.45) is 5.68. The van der Waals surface area contributed by atoms with Crippen molar-refractivity contribution in [1.29, 1.82) is 0 Å². The topological polar surface area (TPSA) is 117 Å². The van der Waals surface area contributed by atoms with E-state index in [2.05, 4.69) is 57.3 Å². The second-order valence-corrected chi connectivity index (χ2v) is 11.7. The SMILES string of the molecule is COc1c(N2CC3CC(C2)N3Cc2ccc(N3C(c4cccnc4N)=NC4CC=C(c5ccccc5)N=C43)cc2)c(=O)c1=O. The van der Waals surface area contributed by atoms with Gasteiger partial charge in [-0.15, -0.1) is 0 Å². The van der Waals surface area contributed by atoms with Crippen LogP contribution in [0.3, 0.4) is 0 Å². The van der Waals surface area contributed by atoms with E-state index in [0.29, 0.717) is 36.7 Å². The molecule has 0 amide bonds. The van der Waals surface area contributed by atoms with Crippen LogP contribution in [0, 0.1) is 0 Å². The maximum atomic E-state index is 12.2. The maximum absolute atomic E-state index is 12.2. The Hall–Kier alpha value is -5.09. The first kappa shape index (κ1) is 26.5. The number of piperazine rings is 1. The number of aliphatic imine (C=N–C) groups is 2. The van der Waals surface area contributed by atoms with Gasteiger partial charge in [0.05, 0.1) is 18.4 Å². The number of fused-ring (bicyclic) bond motifs is 3. The predicted molar refractivity (Wildman–Crippen MR) is 172 cm³/mol. The van der Waals surface area contributed by atoms with Crippen LogP contribution in [0.4, 0.5) is 17.2 Å². The fourth-order valence-corrected chi connectivity index (χ4v) is 6.96. The Morgan fingerprint density at radius 2 is 1.73 bits per heavy atom. The number of rotatable bonds is 7. The van der Waals surface area contributed by atoms with Crippen molar-refractivity contribution >= 4 is 34.6 Å². The molecule has 3 fully saturated rings. The van der Waals surface area contributed by atoms with E-state index in [9.17, 15) is 9.59 Å². The summed E-state index contributed by atoms with van der Waals surface area (Å²) >= 11 is 0. The molecule has 2 N–H and O–H groups in total. The molecular weight excluding hydrogens is 554 g/mol. The lowest BCUT2D eigenvalue weighted by Crippen LogP contribution is -2.69. The van der Waals surface area contributed by atoms with E-state index in [1.54, 1.807) is 6.20 Å². The zero-order valence-corrected chi connectivity index (χ0v) is 24.3. The first-order valence-corrected chi connectivity index (χ1v) is 14.9. The van der Waals surface area contributed by atoms with Gasteiger partial charge in [0.1, 0.15) is 29.2 Å². The van der Waals surface area contributed by atoms with Crippen molar-refractivity contribution in [3.8, 4) is 5.75 Å². The van der Waals surface area contributed by atoms with Crippen molar-refractivity contribution in [3.63, 3.8) is 0 Å². The lowest BCUT2D eigenvalue weighted by molar-refractivity contribution is -0.00870. The van der Waals surface area contributed by atoms with Gasteiger partial charge in [0.2, 0.25) is 0 Å². The standard InChI is InChI=1S/C34H31N7O3/c1-44-31-28(29(42)30(31)43)39-18-23-16-24(19-39)40(23)17-20-9-11-22(12-10-20)41-33(25-8-5-15-36-32(25)35)38-27-14-13-26(37-34(27)41)21-6-3-2-4-7-21/h2-13,15,23-24,27H,14,16-19H2,1H3,(H2,35,36). The number of anilines is 3. The third-order valence-corrected chi connectivity index (χ3v) is 9.20. The molecule has 3 saturated heterocycles. The van der Waals surface area contributed by atoms with Crippen LogP contribution in [-0.4, -0.2) is 59.9 Å². The molecule has 3 aromatic carbocycles. The van der Waals surface area contributed by atoms with Gasteiger partial charge in [0.15, 0.2) is 5.75 Å². The number of hydrogen-bond donors (Lipinski definition) is 1. The number of aromatic nitrogens is 1. The summed E-state index contributed by atoms with van der Waals surface area (Å²) in [6.45, 7) is 2.25. The molecule has 3 atom stereocenters. The number of nitrogens with two attached hydrogens (primary N) is 1. The average molecular weight is 586 g/mol. The quantitative estimate of drug-likeness (QED) is 0.329. The first-order chi connectivity index (χ1) is 21.5. The molecule has 10 heteroatoms. The molecular formula is C34H31N7O3. The number of piperidine rings is 1. The van der Waals surface area contributed by atoms with Gasteiger partial charge >= 0.3 is 0 Å². The van der Waals surface area contributed by atoms with Crippen LogP contribution in [-0.2, 0) is 6.54 Å². The Kier molecular flexibility index (Phi) is 6.19. The fourth-order valence-electron chi connectivity index (χ4n) is 6.96. The minimum atomic E-state index is -0.520. The number of hydrogen-bond acceptors (Lipinski definition) is 10. The molecule has 0 saturated carbocycles. The van der Waals surface area contributed by atoms with E-state index in [0.717, 1.165) is 53.6 Å². The zero-order chi connectivity index (χ0) is 29.9. The predicted octanol–water partition coefficient (Wildman–Crippen LogP) is 3.21. The van der Waals surface area contributed by atoms with E-state index in [1.807, 2.05) is 35.2 Å². The summed E-state index contributed by atoms with van der Waals surface area (Å²) < 4.78 is 5.18. The van der Waals surface area contributed by atoms with Crippen molar-refractivity contribution in [1.82, 2.24) is 9.88 Å². The Morgan fingerprint density at radius 1 is 0.955 bits per heavy atom. The molecule has 9 rings (SSSR count). The van der Waals surface area contributed by atoms with Gasteiger partial charge < -0.3 is 15.4 Å². The largest absolute Gasteiger partial charge is 0.491 e. The molecule has 1 aromatic heterocycles. The van der Waals surface area contributed by atoms with Crippen molar-refractivity contribution in [2.75, 3.05) is 35.7 Å². The molecule has 0 spiro atoms. The van der Waals surface area contributed by atoms with Crippen LogP contribution in [0.25, 0.3) is 5.70 Å². The number of pyridine rings is 1. The second kappa shape index (κ2) is 10.3. The summed E-state index contributed by atoms with van der Waals surface area (Å²) in [7, 11) is 1.45. The van der Waals surface area contributed by atoms with Crippen LogP contribution >= 0.6 is 0 Å². The lowest BCUT2D eigenvalue weighted by Gasteiger charge is -2.57. The van der Waals surface area contributed by atoms with Gasteiger partial charge in [0.25, 0.3) is 10.9 Å². The first-order valence-electron chi connectivity index (χ1n) is 14.9. The Morgan fingerprint density at radius 3 is 2.45 bits per heavy atom. The summed E-state index contributed by atoms with van der Waals surface area (Å²) in [5.41, 5.74) is 10.8. The van der Waals surface area contributed by atoms with Gasteiger partial charge in [-0.25, -0.2) is 9.98 Å². The molecule has 10 nitrogen and oxygen atoms in total. The average Bonchev–Trinajstić information content (AvgIpc) is 3.45. The van der Waals surface area contributed by atoms with Crippen LogP contribution in [0.5, 0.6) is 5.75 Å². The smallest absolute Gasteiger partial charge is 0.272 e. The molecule has 5 aliphatic heterocycles. The molecule has 220 valence electrons. The van der Waals surface area contributed by atoms with E-state index >= 15 is 0 Å². The van der Waals surface area contributed by atoms with Gasteiger partial charge in [-0.2, -0.15) is 0 Å². The third-order valence-electron chi connectivity index (χ3n) is 9.20. The van der Waals surface area contributed by atoms with Crippen LogP contribution < -0.4 is 31.1 Å². The van der Waals surface area contributed by atoms with Gasteiger partial charge in [-0.3, -0.25) is 24.4 Å². The van der Waals surface area contributed by atoms with Crippen molar-refractivity contribution in [3.05, 3.63) is 116 Å². The fraction of sp³-hybridized carbons (Fsp3) is 0.265. The molecule has 0 radical (unpaired) electrons. The van der Waals surface area contributed by atoms with E-state index in [1.165, 1.54) is 12.7 Å². The van der Waals surface area contributed by atoms with Crippen LogP contribution in [0.15, 0.2) is 98.6 Å². The van der Waals surface area contributed by atoms with E-state index in [4.69, 9.17) is 20.5 Å². The highest BCUT2D eigenvalue weighted by molar-refractivity contribution is 6.31. The van der Waals surface area contributed by atoms with Crippen molar-refractivity contribution in [2.24, 2.45) is 9.98 Å². The van der Waals surface area contributed by atoms with E-state index in [-0.39, 0.29) is 11.8 Å². The van der Waals surface area contributed by atoms with Crippen LogP contribution in [0.2, 0.25) is 0 Å². The second-order valence-electron chi connectivity index (χ2n) is 11.7. The van der Waals surface area contributed by atoms with Gasteiger partial charge in [-0.1, -0.05) is 48.5 Å². The summed E-state index contributed by atoms with van der Waals surface area (Å²) in [6, 6.07) is 23.2. The summed E-state index contributed by atoms with van der Waals surface area (Å²) in [5.74, 6) is 2.26. The lowest BCUT2D eigenvalue weighted by atomic mass is 9.86. The monoisotopic (exact) mass is 585 g/mol. The van der Waals surface area contributed by atoms with Crippen molar-refractivity contribution in [2.45, 2.75) is 37.5 Å². The molecule has 5 aliphatic rings. The number of nitrogens with zero attached hydrogens (tertiary/aromatic N) is 6. The highest BCUT2D eigenvalue weighted by atomic mass is 16.5. The summed E-state index contributed by atoms with van der Waals surface area (Å²) in [4.78, 5) is 45.2. The molecule has 0 aliphatic carbocycles. The number of methoxy groups -OCH3 is 1. The molecule has 4 aromatic rings. The maximum Gasteiger partial charge on any atom is 0.272 e. The Balaban J connectivity index is 1.04. The number of ether oxygens (including phenoxy) is 1. The Labute approximate surface area is 254 Å². The summed E-state index contributed by atoms with van der Waals surface area (Å²) in [5, 5.41) is 0. The normalized spacial score (nSPS) is 22.7. The minimum Gasteiger partial charge on any atom is -0.491 e. The van der Waals surface area contributed by atoms with Gasteiger partial charge in [0, 0.05) is 43.6 Å².